The smallest absolute Gasteiger partial charge is 0.0615 e. The van der Waals surface area contributed by atoms with Gasteiger partial charge in [0.1, 0.15) is 0 Å². The molecule has 0 aliphatic heterocycles. The Bertz CT molecular complexity index is 264. The number of ether oxygens (including phenoxy) is 1. The maximum Gasteiger partial charge on any atom is 0.0615 e. The zero-order chi connectivity index (χ0) is 11.6. The van der Waals surface area contributed by atoms with Crippen LogP contribution in [-0.2, 0) is 11.2 Å². The first-order valence-corrected chi connectivity index (χ1v) is 5.99. The van der Waals surface area contributed by atoms with Gasteiger partial charge in [-0.25, -0.2) is 0 Å². The number of aryl methyl sites for hydroxylation is 1. The Morgan fingerprint density at radius 2 is 2.31 bits per heavy atom. The molecule has 1 aromatic heterocycles. The quantitative estimate of drug-likeness (QED) is 0.731. The molecule has 0 bridgehead atoms. The monoisotopic (exact) mass is 222 g/mol. The van der Waals surface area contributed by atoms with Crippen LogP contribution in [0.1, 0.15) is 25.5 Å². The predicted octanol–water partition coefficient (Wildman–Crippen LogP) is 2.03. The first-order valence-electron chi connectivity index (χ1n) is 5.99. The van der Waals surface area contributed by atoms with Gasteiger partial charge in [-0.1, -0.05) is 13.0 Å². The first-order chi connectivity index (χ1) is 7.86. The fourth-order valence-corrected chi connectivity index (χ4v) is 1.66. The molecule has 1 N–H and O–H groups in total. The molecule has 0 aliphatic carbocycles. The molecule has 0 aliphatic rings. The molecule has 1 atom stereocenters. The van der Waals surface area contributed by atoms with Crippen molar-refractivity contribution in [2.24, 2.45) is 0 Å². The van der Waals surface area contributed by atoms with Crippen LogP contribution in [0.3, 0.4) is 0 Å². The first kappa shape index (κ1) is 13.1. The van der Waals surface area contributed by atoms with Gasteiger partial charge in [0, 0.05) is 25.0 Å². The molecule has 0 amide bonds. The van der Waals surface area contributed by atoms with Gasteiger partial charge >= 0.3 is 0 Å². The lowest BCUT2D eigenvalue weighted by molar-refractivity contribution is 0.162. The van der Waals surface area contributed by atoms with E-state index < -0.39 is 0 Å². The second-order valence-electron chi connectivity index (χ2n) is 3.97. The molecule has 1 heterocycles. The minimum Gasteiger partial charge on any atom is -0.383 e. The number of hydrogen-bond acceptors (Lipinski definition) is 3. The lowest BCUT2D eigenvalue weighted by atomic mass is 10.1. The molecule has 1 unspecified atom stereocenters. The molecule has 3 heteroatoms. The Kier molecular flexibility index (Phi) is 6.77. The fourth-order valence-electron chi connectivity index (χ4n) is 1.66. The van der Waals surface area contributed by atoms with Crippen LogP contribution in [0.5, 0.6) is 0 Å². The topological polar surface area (TPSA) is 34.2 Å². The van der Waals surface area contributed by atoms with Crippen LogP contribution in [0.2, 0.25) is 0 Å². The van der Waals surface area contributed by atoms with E-state index in [1.807, 2.05) is 18.3 Å². The Labute approximate surface area is 98.2 Å². The van der Waals surface area contributed by atoms with E-state index in [4.69, 9.17) is 4.74 Å². The van der Waals surface area contributed by atoms with E-state index in [0.29, 0.717) is 6.04 Å². The Hall–Kier alpha value is -0.930. The largest absolute Gasteiger partial charge is 0.383 e. The summed E-state index contributed by atoms with van der Waals surface area (Å²) in [6.45, 7) is 4.00. The third-order valence-corrected chi connectivity index (χ3v) is 2.53. The summed E-state index contributed by atoms with van der Waals surface area (Å²) in [5, 5.41) is 3.49. The summed E-state index contributed by atoms with van der Waals surface area (Å²) >= 11 is 0. The van der Waals surface area contributed by atoms with E-state index in [9.17, 15) is 0 Å². The average molecular weight is 222 g/mol. The molecule has 16 heavy (non-hydrogen) atoms. The summed E-state index contributed by atoms with van der Waals surface area (Å²) < 4.78 is 5.21. The van der Waals surface area contributed by atoms with E-state index in [2.05, 4.69) is 23.3 Å². The zero-order valence-electron chi connectivity index (χ0n) is 10.3. The molecule has 0 saturated carbocycles. The third-order valence-electron chi connectivity index (χ3n) is 2.53. The predicted molar refractivity (Wildman–Crippen MR) is 66.5 cm³/mol. The molecule has 0 fully saturated rings. The van der Waals surface area contributed by atoms with Crippen LogP contribution in [-0.4, -0.2) is 31.3 Å². The van der Waals surface area contributed by atoms with Crippen LogP contribution in [0.25, 0.3) is 0 Å². The summed E-state index contributed by atoms with van der Waals surface area (Å²) in [5.74, 6) is 0. The molecule has 0 spiro atoms. The lowest BCUT2D eigenvalue weighted by Crippen LogP contribution is -2.34. The Morgan fingerprint density at radius 3 is 2.94 bits per heavy atom. The van der Waals surface area contributed by atoms with Crippen molar-refractivity contribution in [3.05, 3.63) is 30.1 Å². The highest BCUT2D eigenvalue weighted by atomic mass is 16.5. The van der Waals surface area contributed by atoms with Gasteiger partial charge in [-0.3, -0.25) is 4.98 Å². The van der Waals surface area contributed by atoms with Gasteiger partial charge < -0.3 is 10.1 Å². The van der Waals surface area contributed by atoms with Crippen LogP contribution in [0.15, 0.2) is 24.4 Å². The van der Waals surface area contributed by atoms with E-state index in [0.717, 1.165) is 38.1 Å². The zero-order valence-corrected chi connectivity index (χ0v) is 10.3. The van der Waals surface area contributed by atoms with Crippen molar-refractivity contribution in [2.75, 3.05) is 20.3 Å². The van der Waals surface area contributed by atoms with Crippen LogP contribution >= 0.6 is 0 Å². The Morgan fingerprint density at radius 1 is 1.44 bits per heavy atom. The van der Waals surface area contributed by atoms with Crippen molar-refractivity contribution < 1.29 is 4.74 Å². The van der Waals surface area contributed by atoms with Gasteiger partial charge in [0.15, 0.2) is 0 Å². The van der Waals surface area contributed by atoms with Crippen molar-refractivity contribution in [1.29, 1.82) is 0 Å². The van der Waals surface area contributed by atoms with E-state index in [1.165, 1.54) is 0 Å². The van der Waals surface area contributed by atoms with Crippen molar-refractivity contribution in [3.8, 4) is 0 Å². The van der Waals surface area contributed by atoms with Gasteiger partial charge in [-0.15, -0.1) is 0 Å². The summed E-state index contributed by atoms with van der Waals surface area (Å²) in [4.78, 5) is 4.32. The molecule has 3 nitrogen and oxygen atoms in total. The van der Waals surface area contributed by atoms with Crippen molar-refractivity contribution in [1.82, 2.24) is 10.3 Å². The van der Waals surface area contributed by atoms with Gasteiger partial charge in [-0.05, 0) is 37.9 Å². The second kappa shape index (κ2) is 8.25. The highest BCUT2D eigenvalue weighted by Gasteiger charge is 2.07. The molecular weight excluding hydrogens is 200 g/mol. The minimum atomic E-state index is 0.437. The lowest BCUT2D eigenvalue weighted by Gasteiger charge is -2.17. The summed E-state index contributed by atoms with van der Waals surface area (Å²) in [6.07, 6.45) is 5.08. The molecule has 0 aromatic carbocycles. The number of nitrogens with one attached hydrogen (secondary N) is 1. The maximum absolute atomic E-state index is 5.21. The van der Waals surface area contributed by atoms with Gasteiger partial charge in [0.05, 0.1) is 6.61 Å². The van der Waals surface area contributed by atoms with Crippen LogP contribution in [0.4, 0.5) is 0 Å². The maximum atomic E-state index is 5.21. The molecule has 0 radical (unpaired) electrons. The SMILES string of the molecule is CCCNC(CCc1ccccn1)COC. The molecule has 1 aromatic rings. The van der Waals surface area contributed by atoms with Gasteiger partial charge in [0.25, 0.3) is 0 Å². The van der Waals surface area contributed by atoms with Crippen molar-refractivity contribution in [2.45, 2.75) is 32.2 Å². The average Bonchev–Trinajstić information content (AvgIpc) is 2.34. The number of nitrogens with zero attached hydrogens (tertiary/aromatic N) is 1. The summed E-state index contributed by atoms with van der Waals surface area (Å²) in [7, 11) is 1.75. The third kappa shape index (κ3) is 5.24. The number of aromatic nitrogens is 1. The molecule has 1 rings (SSSR count). The summed E-state index contributed by atoms with van der Waals surface area (Å²) in [5.41, 5.74) is 1.15. The number of rotatable bonds is 8. The standard InChI is InChI=1S/C13H22N2O/c1-3-9-14-13(11-16-2)8-7-12-6-4-5-10-15-12/h4-6,10,13-14H,3,7-9,11H2,1-2H3. The van der Waals surface area contributed by atoms with E-state index in [1.54, 1.807) is 7.11 Å². The number of methoxy groups -OCH3 is 1. The van der Waals surface area contributed by atoms with E-state index >= 15 is 0 Å². The number of hydrogen-bond donors (Lipinski definition) is 1. The Balaban J connectivity index is 2.31. The van der Waals surface area contributed by atoms with Crippen molar-refractivity contribution in [3.63, 3.8) is 0 Å². The normalized spacial score (nSPS) is 12.6. The van der Waals surface area contributed by atoms with Gasteiger partial charge in [-0.2, -0.15) is 0 Å². The number of pyridine rings is 1. The van der Waals surface area contributed by atoms with Crippen LogP contribution in [0, 0.1) is 0 Å². The molecular formula is C13H22N2O. The minimum absolute atomic E-state index is 0.437. The van der Waals surface area contributed by atoms with Crippen molar-refractivity contribution >= 4 is 0 Å². The summed E-state index contributed by atoms with van der Waals surface area (Å²) in [6, 6.07) is 6.49. The fraction of sp³-hybridized carbons (Fsp3) is 0.615. The highest BCUT2D eigenvalue weighted by Crippen LogP contribution is 2.02. The van der Waals surface area contributed by atoms with E-state index in [-0.39, 0.29) is 0 Å². The molecule has 0 saturated heterocycles. The second-order valence-corrected chi connectivity index (χ2v) is 3.97. The van der Waals surface area contributed by atoms with Crippen LogP contribution < -0.4 is 5.32 Å². The highest BCUT2D eigenvalue weighted by molar-refractivity contribution is 5.03. The van der Waals surface area contributed by atoms with Gasteiger partial charge in [0.2, 0.25) is 0 Å². The molecule has 90 valence electrons.